The Morgan fingerprint density at radius 3 is 2.00 bits per heavy atom. The Hall–Kier alpha value is -3.40. The molecule has 1 heterocycles. The number of nitrogens with one attached hydrogen (secondary N) is 2. The standard InChI is InChI=1S/C20H30N4O4.C6H8O2.C2H6/c1-19(2,3)8-11-27-20(4,5)13-17(25)21-9-10-22-18(26)14-6-7-15-16(12-14)24-28-23-15;1-5(7)3-4-6(2)8;1-2/h6-7,12H,8-11,13H2,1-5H3,(H,21,25)(H,22,26);3-4H,1-2H3;1-2H3/b;4-3-;. The number of ether oxygens (including phenoxy) is 1. The van der Waals surface area contributed by atoms with Crippen molar-refractivity contribution in [3.05, 3.63) is 35.9 Å². The molecule has 38 heavy (non-hydrogen) atoms. The van der Waals surface area contributed by atoms with E-state index >= 15 is 0 Å². The van der Waals surface area contributed by atoms with Gasteiger partial charge in [0.15, 0.2) is 11.6 Å². The van der Waals surface area contributed by atoms with Crippen LogP contribution in [0.3, 0.4) is 0 Å². The number of ketones is 2. The lowest BCUT2D eigenvalue weighted by Crippen LogP contribution is -2.38. The van der Waals surface area contributed by atoms with E-state index in [1.807, 2.05) is 27.7 Å². The van der Waals surface area contributed by atoms with E-state index in [0.29, 0.717) is 36.3 Å². The molecule has 2 aromatic rings. The maximum Gasteiger partial charge on any atom is 0.251 e. The second kappa shape index (κ2) is 17.2. The van der Waals surface area contributed by atoms with Crippen LogP contribution >= 0.6 is 0 Å². The summed E-state index contributed by atoms with van der Waals surface area (Å²) < 4.78 is 10.5. The van der Waals surface area contributed by atoms with Crippen molar-refractivity contribution in [2.45, 2.75) is 80.8 Å². The van der Waals surface area contributed by atoms with Gasteiger partial charge < -0.3 is 15.4 Å². The zero-order valence-corrected chi connectivity index (χ0v) is 24.3. The summed E-state index contributed by atoms with van der Waals surface area (Å²) in [5, 5.41) is 13.0. The number of rotatable bonds is 11. The quantitative estimate of drug-likeness (QED) is 0.320. The fraction of sp³-hybridized carbons (Fsp3) is 0.571. The number of allylic oxidation sites excluding steroid dienone is 2. The fourth-order valence-electron chi connectivity index (χ4n) is 2.77. The number of fused-ring (bicyclic) bond motifs is 1. The van der Waals surface area contributed by atoms with Crippen molar-refractivity contribution in [2.75, 3.05) is 19.7 Å². The van der Waals surface area contributed by atoms with Crippen LogP contribution in [0.5, 0.6) is 0 Å². The molecule has 0 aliphatic carbocycles. The number of hydrogen-bond acceptors (Lipinski definition) is 8. The number of benzene rings is 1. The third kappa shape index (κ3) is 16.4. The minimum Gasteiger partial charge on any atom is -0.375 e. The Morgan fingerprint density at radius 1 is 0.895 bits per heavy atom. The topological polar surface area (TPSA) is 140 Å². The highest BCUT2D eigenvalue weighted by atomic mass is 16.6. The lowest BCUT2D eigenvalue weighted by Gasteiger charge is -2.27. The molecule has 0 atom stereocenters. The largest absolute Gasteiger partial charge is 0.375 e. The van der Waals surface area contributed by atoms with Gasteiger partial charge in [-0.2, -0.15) is 0 Å². The first-order chi connectivity index (χ1) is 17.7. The highest BCUT2D eigenvalue weighted by Gasteiger charge is 2.23. The van der Waals surface area contributed by atoms with Gasteiger partial charge in [0, 0.05) is 25.3 Å². The van der Waals surface area contributed by atoms with E-state index in [4.69, 9.17) is 4.74 Å². The number of carbonyl (C=O) groups is 4. The van der Waals surface area contributed by atoms with Crippen molar-refractivity contribution in [1.82, 2.24) is 20.9 Å². The molecular weight excluding hydrogens is 488 g/mol. The molecule has 0 fully saturated rings. The summed E-state index contributed by atoms with van der Waals surface area (Å²) in [5.74, 6) is -0.546. The van der Waals surface area contributed by atoms with Crippen LogP contribution in [0.15, 0.2) is 35.0 Å². The van der Waals surface area contributed by atoms with Crippen LogP contribution < -0.4 is 10.6 Å². The van der Waals surface area contributed by atoms with Crippen molar-refractivity contribution >= 4 is 34.4 Å². The number of amides is 2. The lowest BCUT2D eigenvalue weighted by atomic mass is 9.93. The van der Waals surface area contributed by atoms with E-state index in [1.165, 1.54) is 26.0 Å². The van der Waals surface area contributed by atoms with Gasteiger partial charge >= 0.3 is 0 Å². The number of nitrogens with zero attached hydrogens (tertiary/aromatic N) is 2. The fourth-order valence-corrected chi connectivity index (χ4v) is 2.77. The van der Waals surface area contributed by atoms with Gasteiger partial charge in [0.2, 0.25) is 5.91 Å². The van der Waals surface area contributed by atoms with Gasteiger partial charge in [0.05, 0.1) is 12.0 Å². The molecule has 212 valence electrons. The van der Waals surface area contributed by atoms with Gasteiger partial charge in [-0.05, 0) is 80.2 Å². The molecule has 10 nitrogen and oxygen atoms in total. The molecule has 10 heteroatoms. The van der Waals surface area contributed by atoms with Crippen molar-refractivity contribution in [3.63, 3.8) is 0 Å². The maximum atomic E-state index is 12.2. The summed E-state index contributed by atoms with van der Waals surface area (Å²) in [6, 6.07) is 4.93. The molecule has 0 saturated heterocycles. The molecule has 0 saturated carbocycles. The molecule has 1 aromatic heterocycles. The lowest BCUT2D eigenvalue weighted by molar-refractivity contribution is -0.127. The maximum absolute atomic E-state index is 12.2. The van der Waals surface area contributed by atoms with E-state index in [-0.39, 0.29) is 35.2 Å². The second-order valence-corrected chi connectivity index (χ2v) is 10.2. The first kappa shape index (κ1) is 34.6. The molecule has 0 bridgehead atoms. The van der Waals surface area contributed by atoms with Crippen molar-refractivity contribution in [3.8, 4) is 0 Å². The summed E-state index contributed by atoms with van der Waals surface area (Å²) in [5.41, 5.74) is 1.25. The third-order valence-electron chi connectivity index (χ3n) is 4.73. The average molecular weight is 533 g/mol. The van der Waals surface area contributed by atoms with Crippen LogP contribution in [0, 0.1) is 5.41 Å². The highest BCUT2D eigenvalue weighted by molar-refractivity contribution is 5.97. The molecule has 0 unspecified atom stereocenters. The van der Waals surface area contributed by atoms with Crippen LogP contribution in [0.4, 0.5) is 0 Å². The molecule has 2 amide bonds. The van der Waals surface area contributed by atoms with Crippen LogP contribution in [0.1, 0.15) is 85.5 Å². The van der Waals surface area contributed by atoms with Crippen molar-refractivity contribution in [2.24, 2.45) is 5.41 Å². The van der Waals surface area contributed by atoms with Crippen LogP contribution in [0.25, 0.3) is 11.0 Å². The van der Waals surface area contributed by atoms with E-state index < -0.39 is 5.60 Å². The smallest absolute Gasteiger partial charge is 0.251 e. The monoisotopic (exact) mass is 532 g/mol. The number of carbonyl (C=O) groups excluding carboxylic acids is 4. The second-order valence-electron chi connectivity index (χ2n) is 10.2. The summed E-state index contributed by atoms with van der Waals surface area (Å²) >= 11 is 0. The molecule has 0 spiro atoms. The predicted octanol–water partition coefficient (Wildman–Crippen LogP) is 4.44. The SMILES string of the molecule is CC.CC(=O)/C=C\C(C)=O.CC(C)(C)CCOC(C)(C)CC(=O)NCCNC(=O)c1ccc2nonc2c1. The minimum atomic E-state index is -0.528. The van der Waals surface area contributed by atoms with E-state index in [9.17, 15) is 19.2 Å². The van der Waals surface area contributed by atoms with Gasteiger partial charge in [-0.25, -0.2) is 4.63 Å². The summed E-state index contributed by atoms with van der Waals surface area (Å²) in [6.45, 7) is 18.4. The third-order valence-corrected chi connectivity index (χ3v) is 4.73. The molecule has 0 aliphatic rings. The highest BCUT2D eigenvalue weighted by Crippen LogP contribution is 2.21. The van der Waals surface area contributed by atoms with Crippen LogP contribution in [-0.4, -0.2) is 59.0 Å². The summed E-state index contributed by atoms with van der Waals surface area (Å²) in [7, 11) is 0. The number of hydrogen-bond donors (Lipinski definition) is 2. The summed E-state index contributed by atoms with van der Waals surface area (Å²) in [6.07, 6.45) is 3.70. The van der Waals surface area contributed by atoms with Crippen molar-refractivity contribution in [1.29, 1.82) is 0 Å². The Morgan fingerprint density at radius 2 is 1.45 bits per heavy atom. The van der Waals surface area contributed by atoms with Crippen molar-refractivity contribution < 1.29 is 28.5 Å². The van der Waals surface area contributed by atoms with Gasteiger partial charge in [-0.15, -0.1) is 0 Å². The van der Waals surface area contributed by atoms with Gasteiger partial charge in [0.25, 0.3) is 5.91 Å². The van der Waals surface area contributed by atoms with Gasteiger partial charge in [-0.1, -0.05) is 34.6 Å². The Labute approximate surface area is 225 Å². The zero-order chi connectivity index (χ0) is 29.4. The Balaban J connectivity index is 0.00000117. The van der Waals surface area contributed by atoms with E-state index in [0.717, 1.165) is 6.42 Å². The molecular formula is C28H44N4O6. The zero-order valence-electron chi connectivity index (χ0n) is 24.3. The molecule has 1 aromatic carbocycles. The first-order valence-corrected chi connectivity index (χ1v) is 12.8. The van der Waals surface area contributed by atoms with Gasteiger partial charge in [0.1, 0.15) is 11.0 Å². The van der Waals surface area contributed by atoms with E-state index in [1.54, 1.807) is 18.2 Å². The normalized spacial score (nSPS) is 11.2. The molecule has 2 rings (SSSR count). The van der Waals surface area contributed by atoms with E-state index in [2.05, 4.69) is 46.3 Å². The minimum absolute atomic E-state index is 0.0970. The average Bonchev–Trinajstić information content (AvgIpc) is 3.29. The first-order valence-electron chi connectivity index (χ1n) is 12.8. The summed E-state index contributed by atoms with van der Waals surface area (Å²) in [4.78, 5) is 44.5. The van der Waals surface area contributed by atoms with Crippen LogP contribution in [-0.2, 0) is 19.1 Å². The Bertz CT molecular complexity index is 1050. The predicted molar refractivity (Wildman–Crippen MR) is 148 cm³/mol. The number of aromatic nitrogens is 2. The Kier molecular flexibility index (Phi) is 15.6. The van der Waals surface area contributed by atoms with Gasteiger partial charge in [-0.3, -0.25) is 19.2 Å². The molecule has 2 N–H and O–H groups in total. The molecule has 0 aliphatic heterocycles. The molecule has 0 radical (unpaired) electrons. The van der Waals surface area contributed by atoms with Crippen LogP contribution in [0.2, 0.25) is 0 Å².